The van der Waals surface area contributed by atoms with Gasteiger partial charge < -0.3 is 5.32 Å². The van der Waals surface area contributed by atoms with E-state index in [0.29, 0.717) is 17.1 Å². The van der Waals surface area contributed by atoms with Crippen LogP contribution in [0, 0.1) is 11.3 Å². The molecule has 88 valence electrons. The average molecular weight is 303 g/mol. The van der Waals surface area contributed by atoms with Crippen LogP contribution in [0.2, 0.25) is 0 Å². The molecule has 0 saturated heterocycles. The van der Waals surface area contributed by atoms with Gasteiger partial charge in [0, 0.05) is 16.9 Å². The zero-order chi connectivity index (χ0) is 13.0. The van der Waals surface area contributed by atoms with Crippen LogP contribution in [0.15, 0.2) is 41.1 Å². The van der Waals surface area contributed by atoms with Gasteiger partial charge >= 0.3 is 0 Å². The lowest BCUT2D eigenvalue weighted by molar-refractivity contribution is 0.102. The highest BCUT2D eigenvalue weighted by Gasteiger charge is 2.07. The Morgan fingerprint density at radius 3 is 2.61 bits per heavy atom. The van der Waals surface area contributed by atoms with Gasteiger partial charge in [-0.1, -0.05) is 0 Å². The van der Waals surface area contributed by atoms with Crippen LogP contribution in [0.3, 0.4) is 0 Å². The predicted octanol–water partition coefficient (Wildman–Crippen LogP) is 2.36. The zero-order valence-corrected chi connectivity index (χ0v) is 10.7. The lowest BCUT2D eigenvalue weighted by atomic mass is 10.3. The predicted molar refractivity (Wildman–Crippen MR) is 68.8 cm³/mol. The van der Waals surface area contributed by atoms with Crippen LogP contribution in [0.5, 0.6) is 0 Å². The fourth-order valence-electron chi connectivity index (χ4n) is 1.22. The van der Waals surface area contributed by atoms with E-state index in [1.807, 2.05) is 6.07 Å². The number of amides is 1. The minimum atomic E-state index is -0.347. The van der Waals surface area contributed by atoms with E-state index in [2.05, 4.69) is 31.2 Å². The lowest BCUT2D eigenvalue weighted by Crippen LogP contribution is -2.14. The third kappa shape index (κ3) is 2.90. The highest BCUT2D eigenvalue weighted by Crippen LogP contribution is 2.09. The fourth-order valence-corrected chi connectivity index (χ4v) is 1.46. The molecule has 0 bridgehead atoms. The van der Waals surface area contributed by atoms with Gasteiger partial charge in [0.15, 0.2) is 0 Å². The van der Waals surface area contributed by atoms with Gasteiger partial charge in [-0.25, -0.2) is 9.97 Å². The van der Waals surface area contributed by atoms with Crippen molar-refractivity contribution in [3.8, 4) is 6.07 Å². The summed E-state index contributed by atoms with van der Waals surface area (Å²) in [5, 5.41) is 11.2. The molecule has 0 aliphatic carbocycles. The van der Waals surface area contributed by atoms with Gasteiger partial charge in [0.25, 0.3) is 5.91 Å². The smallest absolute Gasteiger partial charge is 0.275 e. The van der Waals surface area contributed by atoms with E-state index in [1.165, 1.54) is 6.20 Å². The number of hydrogen-bond donors (Lipinski definition) is 1. The highest BCUT2D eigenvalue weighted by molar-refractivity contribution is 9.10. The number of nitrogens with one attached hydrogen (secondary N) is 1. The summed E-state index contributed by atoms with van der Waals surface area (Å²) in [6.45, 7) is 0. The van der Waals surface area contributed by atoms with Crippen molar-refractivity contribution in [2.24, 2.45) is 0 Å². The van der Waals surface area contributed by atoms with Crippen molar-refractivity contribution in [2.75, 3.05) is 5.32 Å². The molecule has 0 spiro atoms. The van der Waals surface area contributed by atoms with Crippen molar-refractivity contribution < 1.29 is 4.79 Å². The van der Waals surface area contributed by atoms with Crippen LogP contribution >= 0.6 is 15.9 Å². The van der Waals surface area contributed by atoms with Crippen LogP contribution in [0.25, 0.3) is 0 Å². The number of halogens is 1. The van der Waals surface area contributed by atoms with Crippen molar-refractivity contribution in [3.05, 3.63) is 52.4 Å². The Labute approximate surface area is 112 Å². The number of nitrogens with zero attached hydrogens (tertiary/aromatic N) is 3. The molecule has 0 fully saturated rings. The van der Waals surface area contributed by atoms with Gasteiger partial charge in [0.1, 0.15) is 17.6 Å². The molecule has 18 heavy (non-hydrogen) atoms. The van der Waals surface area contributed by atoms with Crippen LogP contribution in [0.1, 0.15) is 16.1 Å². The molecule has 2 heterocycles. The lowest BCUT2D eigenvalue weighted by Gasteiger charge is -2.03. The van der Waals surface area contributed by atoms with Gasteiger partial charge in [-0.2, -0.15) is 5.26 Å². The van der Waals surface area contributed by atoms with Crippen LogP contribution < -0.4 is 5.32 Å². The number of aromatic nitrogens is 2. The van der Waals surface area contributed by atoms with E-state index < -0.39 is 0 Å². The minimum absolute atomic E-state index is 0.296. The molecule has 5 nitrogen and oxygen atoms in total. The van der Waals surface area contributed by atoms with E-state index in [1.54, 1.807) is 30.5 Å². The SMILES string of the molecule is N#Cc1ccc(NC(=O)c2ccc(Br)cn2)nc1. The largest absolute Gasteiger partial charge is 0.305 e. The number of hydrogen-bond acceptors (Lipinski definition) is 4. The van der Waals surface area contributed by atoms with Crippen LogP contribution in [0.4, 0.5) is 5.82 Å². The first-order valence-electron chi connectivity index (χ1n) is 4.98. The molecule has 0 aromatic carbocycles. The van der Waals surface area contributed by atoms with E-state index >= 15 is 0 Å². The van der Waals surface area contributed by atoms with Gasteiger partial charge in [0.05, 0.1) is 5.56 Å². The fraction of sp³-hybridized carbons (Fsp3) is 0. The maximum Gasteiger partial charge on any atom is 0.275 e. The summed E-state index contributed by atoms with van der Waals surface area (Å²) < 4.78 is 0.801. The minimum Gasteiger partial charge on any atom is -0.305 e. The molecule has 1 N–H and O–H groups in total. The third-order valence-corrected chi connectivity index (χ3v) is 2.56. The summed E-state index contributed by atoms with van der Waals surface area (Å²) >= 11 is 3.24. The summed E-state index contributed by atoms with van der Waals surface area (Å²) in [5.74, 6) is 0.0310. The summed E-state index contributed by atoms with van der Waals surface area (Å²) in [7, 11) is 0. The number of carbonyl (C=O) groups excluding carboxylic acids is 1. The molecule has 2 aromatic heterocycles. The Balaban J connectivity index is 2.11. The summed E-state index contributed by atoms with van der Waals surface area (Å²) in [6, 6.07) is 8.43. The van der Waals surface area contributed by atoms with E-state index in [0.717, 1.165) is 4.47 Å². The second-order valence-corrected chi connectivity index (χ2v) is 4.28. The number of nitriles is 1. The molecule has 0 saturated carbocycles. The Morgan fingerprint density at radius 1 is 1.22 bits per heavy atom. The van der Waals surface area contributed by atoms with E-state index in [-0.39, 0.29) is 5.91 Å². The first-order valence-corrected chi connectivity index (χ1v) is 5.77. The van der Waals surface area contributed by atoms with Gasteiger partial charge in [-0.15, -0.1) is 0 Å². The zero-order valence-electron chi connectivity index (χ0n) is 9.09. The number of pyridine rings is 2. The molecule has 0 atom stereocenters. The Hall–Kier alpha value is -2.26. The number of carbonyl (C=O) groups is 1. The van der Waals surface area contributed by atoms with Crippen LogP contribution in [-0.4, -0.2) is 15.9 Å². The third-order valence-electron chi connectivity index (χ3n) is 2.09. The molecule has 0 aliphatic heterocycles. The van der Waals surface area contributed by atoms with Crippen molar-refractivity contribution in [1.82, 2.24) is 9.97 Å². The molecule has 0 unspecified atom stereocenters. The van der Waals surface area contributed by atoms with Gasteiger partial charge in [-0.05, 0) is 40.2 Å². The molecule has 0 aliphatic rings. The van der Waals surface area contributed by atoms with Crippen molar-refractivity contribution in [1.29, 1.82) is 5.26 Å². The van der Waals surface area contributed by atoms with Crippen molar-refractivity contribution in [3.63, 3.8) is 0 Å². The maximum atomic E-state index is 11.8. The van der Waals surface area contributed by atoms with E-state index in [9.17, 15) is 4.79 Å². The van der Waals surface area contributed by atoms with Gasteiger partial charge in [-0.3, -0.25) is 4.79 Å². The maximum absolute atomic E-state index is 11.8. The van der Waals surface area contributed by atoms with E-state index in [4.69, 9.17) is 5.26 Å². The normalized spacial score (nSPS) is 9.56. The summed E-state index contributed by atoms with van der Waals surface area (Å²) in [5.41, 5.74) is 0.735. The molecule has 2 aromatic rings. The first kappa shape index (κ1) is 12.2. The van der Waals surface area contributed by atoms with Gasteiger partial charge in [0.2, 0.25) is 0 Å². The summed E-state index contributed by atoms with van der Waals surface area (Å²) in [4.78, 5) is 19.7. The first-order chi connectivity index (χ1) is 8.69. The molecule has 1 amide bonds. The molecule has 2 rings (SSSR count). The van der Waals surface area contributed by atoms with Crippen molar-refractivity contribution >= 4 is 27.7 Å². The Bertz CT molecular complexity index is 601. The number of anilines is 1. The second kappa shape index (κ2) is 5.38. The standard InChI is InChI=1S/C12H7BrN4O/c13-9-2-3-10(15-7-9)12(18)17-11-4-1-8(5-14)6-16-11/h1-4,6-7H,(H,16,17,18). The average Bonchev–Trinajstić information content (AvgIpc) is 2.40. The number of rotatable bonds is 2. The Morgan fingerprint density at radius 2 is 2.06 bits per heavy atom. The van der Waals surface area contributed by atoms with Crippen molar-refractivity contribution in [2.45, 2.75) is 0 Å². The molecular formula is C12H7BrN4O. The Kier molecular flexibility index (Phi) is 3.65. The molecule has 0 radical (unpaired) electrons. The van der Waals surface area contributed by atoms with Crippen LogP contribution in [-0.2, 0) is 0 Å². The topological polar surface area (TPSA) is 78.7 Å². The summed E-state index contributed by atoms with van der Waals surface area (Å²) in [6.07, 6.45) is 2.94. The second-order valence-electron chi connectivity index (χ2n) is 3.36. The molecular weight excluding hydrogens is 296 g/mol. The quantitative estimate of drug-likeness (QED) is 0.923. The molecule has 6 heteroatoms. The highest BCUT2D eigenvalue weighted by atomic mass is 79.9. The monoisotopic (exact) mass is 302 g/mol.